The van der Waals surface area contributed by atoms with Crippen LogP contribution in [0.2, 0.25) is 0 Å². The topological polar surface area (TPSA) is 65.0 Å². The van der Waals surface area contributed by atoms with Crippen molar-refractivity contribution in [3.63, 3.8) is 0 Å². The molecule has 0 saturated carbocycles. The second-order valence-electron chi connectivity index (χ2n) is 3.19. The number of phosphoric acid groups is 1. The SMILES string of the molecule is C=C(C)OOP(=O)(O)Oc1ccccc1C. The van der Waals surface area contributed by atoms with Crippen LogP contribution in [0.3, 0.4) is 0 Å². The monoisotopic (exact) mass is 244 g/mol. The quantitative estimate of drug-likeness (QED) is 0.373. The van der Waals surface area contributed by atoms with Gasteiger partial charge >= 0.3 is 7.82 Å². The van der Waals surface area contributed by atoms with Crippen molar-refractivity contribution in [1.82, 2.24) is 0 Å². The highest BCUT2D eigenvalue weighted by Crippen LogP contribution is 2.45. The molecule has 0 heterocycles. The average molecular weight is 244 g/mol. The van der Waals surface area contributed by atoms with E-state index in [1.165, 1.54) is 6.92 Å². The molecule has 1 rings (SSSR count). The second-order valence-corrected chi connectivity index (χ2v) is 4.45. The molecule has 6 heteroatoms. The van der Waals surface area contributed by atoms with Crippen molar-refractivity contribution in [3.8, 4) is 5.75 Å². The molecule has 0 bridgehead atoms. The fourth-order valence-electron chi connectivity index (χ4n) is 0.909. The van der Waals surface area contributed by atoms with Gasteiger partial charge in [-0.25, -0.2) is 4.57 Å². The van der Waals surface area contributed by atoms with E-state index in [4.69, 9.17) is 4.52 Å². The molecule has 0 aliphatic carbocycles. The standard InChI is InChI=1S/C10H13O5P/c1-8(2)13-15-16(11,12)14-10-7-5-4-6-9(10)3/h4-7H,1H2,2-3H3,(H,11,12). The van der Waals surface area contributed by atoms with Crippen LogP contribution in [0.15, 0.2) is 36.6 Å². The van der Waals surface area contributed by atoms with Gasteiger partial charge in [0.2, 0.25) is 0 Å². The van der Waals surface area contributed by atoms with Gasteiger partial charge in [0.25, 0.3) is 0 Å². The molecule has 1 atom stereocenters. The Morgan fingerprint density at radius 2 is 2.06 bits per heavy atom. The molecular weight excluding hydrogens is 231 g/mol. The first-order valence-corrected chi connectivity index (χ1v) is 6.00. The van der Waals surface area contributed by atoms with Gasteiger partial charge in [-0.1, -0.05) is 29.5 Å². The van der Waals surface area contributed by atoms with Gasteiger partial charge < -0.3 is 9.41 Å². The van der Waals surface area contributed by atoms with Crippen molar-refractivity contribution in [3.05, 3.63) is 42.2 Å². The van der Waals surface area contributed by atoms with E-state index < -0.39 is 7.82 Å². The van der Waals surface area contributed by atoms with Crippen molar-refractivity contribution in [1.29, 1.82) is 0 Å². The first-order chi connectivity index (χ1) is 7.41. The molecule has 0 aromatic heterocycles. The van der Waals surface area contributed by atoms with E-state index in [0.29, 0.717) is 0 Å². The highest BCUT2D eigenvalue weighted by atomic mass is 31.2. The third-order valence-electron chi connectivity index (χ3n) is 1.58. The van der Waals surface area contributed by atoms with Crippen molar-refractivity contribution < 1.29 is 23.5 Å². The van der Waals surface area contributed by atoms with Gasteiger partial charge in [0.05, 0.1) is 0 Å². The summed E-state index contributed by atoms with van der Waals surface area (Å²) in [5.74, 6) is 0.418. The van der Waals surface area contributed by atoms with Gasteiger partial charge in [0.15, 0.2) is 0 Å². The van der Waals surface area contributed by atoms with Crippen LogP contribution in [0.4, 0.5) is 0 Å². The number of aryl methyl sites for hydroxylation is 1. The highest BCUT2D eigenvalue weighted by molar-refractivity contribution is 7.47. The van der Waals surface area contributed by atoms with Gasteiger partial charge in [0.1, 0.15) is 11.5 Å². The highest BCUT2D eigenvalue weighted by Gasteiger charge is 2.26. The summed E-state index contributed by atoms with van der Waals surface area (Å²) in [7, 11) is -4.28. The molecule has 1 unspecified atom stereocenters. The molecule has 1 aromatic rings. The van der Waals surface area contributed by atoms with Crippen molar-refractivity contribution in [2.45, 2.75) is 13.8 Å². The fraction of sp³-hybridized carbons (Fsp3) is 0.200. The Morgan fingerprint density at radius 1 is 1.44 bits per heavy atom. The largest absolute Gasteiger partial charge is 0.564 e. The van der Waals surface area contributed by atoms with E-state index in [1.807, 2.05) is 0 Å². The number of allylic oxidation sites excluding steroid dienone is 1. The predicted molar refractivity (Wildman–Crippen MR) is 58.6 cm³/mol. The Labute approximate surface area is 93.8 Å². The maximum atomic E-state index is 11.4. The molecule has 1 aromatic carbocycles. The second kappa shape index (κ2) is 5.16. The van der Waals surface area contributed by atoms with Gasteiger partial charge in [-0.2, -0.15) is 0 Å². The first-order valence-electron chi connectivity index (χ1n) is 4.50. The molecule has 5 nitrogen and oxygen atoms in total. The lowest BCUT2D eigenvalue weighted by molar-refractivity contribution is -0.181. The molecule has 0 aliphatic rings. The van der Waals surface area contributed by atoms with E-state index in [0.717, 1.165) is 5.56 Å². The minimum atomic E-state index is -4.28. The summed E-state index contributed by atoms with van der Waals surface area (Å²) in [5.41, 5.74) is 0.718. The third-order valence-corrected chi connectivity index (χ3v) is 2.27. The van der Waals surface area contributed by atoms with Crippen LogP contribution >= 0.6 is 7.82 Å². The molecule has 0 fully saturated rings. The molecule has 0 radical (unpaired) electrons. The van der Waals surface area contributed by atoms with Crippen molar-refractivity contribution in [2.24, 2.45) is 0 Å². The zero-order chi connectivity index (χ0) is 12.2. The summed E-state index contributed by atoms with van der Waals surface area (Å²) in [4.78, 5) is 13.7. The van der Waals surface area contributed by atoms with Crippen LogP contribution in [0.5, 0.6) is 5.75 Å². The summed E-state index contributed by atoms with van der Waals surface area (Å²) < 4.78 is 20.4. The van der Waals surface area contributed by atoms with E-state index >= 15 is 0 Å². The van der Waals surface area contributed by atoms with E-state index in [2.05, 4.69) is 16.1 Å². The summed E-state index contributed by atoms with van der Waals surface area (Å²) in [6.45, 7) is 6.57. The van der Waals surface area contributed by atoms with Crippen LogP contribution in [-0.4, -0.2) is 4.89 Å². The Morgan fingerprint density at radius 3 is 2.62 bits per heavy atom. The molecule has 1 N–H and O–H groups in total. The van der Waals surface area contributed by atoms with Gasteiger partial charge in [-0.3, -0.25) is 4.89 Å². The molecule has 0 amide bonds. The third kappa shape index (κ3) is 4.06. The van der Waals surface area contributed by atoms with E-state index in [-0.39, 0.29) is 11.5 Å². The summed E-state index contributed by atoms with van der Waals surface area (Å²) in [6, 6.07) is 6.77. The van der Waals surface area contributed by atoms with Crippen LogP contribution in [-0.2, 0) is 14.1 Å². The van der Waals surface area contributed by atoms with Crippen molar-refractivity contribution in [2.75, 3.05) is 0 Å². The van der Waals surface area contributed by atoms with Gasteiger partial charge in [-0.05, 0) is 25.5 Å². The minimum absolute atomic E-state index is 0.155. The van der Waals surface area contributed by atoms with E-state index in [9.17, 15) is 9.46 Å². The number of hydrogen-bond donors (Lipinski definition) is 1. The Hall–Kier alpha value is -1.29. The molecule has 88 valence electrons. The summed E-state index contributed by atoms with van der Waals surface area (Å²) in [6.07, 6.45) is 0. The van der Waals surface area contributed by atoms with Crippen LogP contribution in [0.1, 0.15) is 12.5 Å². The zero-order valence-corrected chi connectivity index (χ0v) is 9.94. The van der Waals surface area contributed by atoms with Crippen LogP contribution in [0, 0.1) is 6.92 Å². The Bertz CT molecular complexity index is 429. The maximum Gasteiger partial charge on any atom is 0.564 e. The number of phosphoric ester groups is 1. The lowest BCUT2D eigenvalue weighted by Crippen LogP contribution is -1.98. The number of benzene rings is 1. The molecule has 0 spiro atoms. The lowest BCUT2D eigenvalue weighted by Gasteiger charge is -2.13. The first kappa shape index (κ1) is 12.8. The molecule has 0 aliphatic heterocycles. The lowest BCUT2D eigenvalue weighted by atomic mass is 10.2. The van der Waals surface area contributed by atoms with Gasteiger partial charge in [-0.15, -0.1) is 0 Å². The molecule has 16 heavy (non-hydrogen) atoms. The maximum absolute atomic E-state index is 11.4. The number of hydrogen-bond acceptors (Lipinski definition) is 4. The minimum Gasteiger partial charge on any atom is -0.402 e. The fourth-order valence-corrected chi connectivity index (χ4v) is 1.61. The van der Waals surface area contributed by atoms with E-state index in [1.54, 1.807) is 31.2 Å². The van der Waals surface area contributed by atoms with Gasteiger partial charge in [0, 0.05) is 0 Å². The summed E-state index contributed by atoms with van der Waals surface area (Å²) >= 11 is 0. The predicted octanol–water partition coefficient (Wildman–Crippen LogP) is 2.96. The zero-order valence-electron chi connectivity index (χ0n) is 9.04. The number of para-hydroxylation sites is 1. The van der Waals surface area contributed by atoms with Crippen LogP contribution < -0.4 is 4.52 Å². The average Bonchev–Trinajstić information content (AvgIpc) is 2.19. The normalized spacial score (nSPS) is 13.9. The Balaban J connectivity index is 2.69. The number of rotatable bonds is 5. The summed E-state index contributed by atoms with van der Waals surface area (Å²) in [5, 5.41) is 0. The Kier molecular flexibility index (Phi) is 4.12. The van der Waals surface area contributed by atoms with Crippen LogP contribution in [0.25, 0.3) is 0 Å². The molecule has 0 saturated heterocycles. The smallest absolute Gasteiger partial charge is 0.402 e. The molecular formula is C10H13O5P. The van der Waals surface area contributed by atoms with Crippen molar-refractivity contribution >= 4 is 7.82 Å².